The molecule has 16 nitrogen and oxygen atoms in total. The van der Waals surface area contributed by atoms with Gasteiger partial charge in [-0.05, 0) is 98.8 Å². The molecule has 7 rings (SSSR count). The Kier molecular flexibility index (Phi) is 19.9. The van der Waals surface area contributed by atoms with Gasteiger partial charge in [0.2, 0.25) is 5.95 Å². The van der Waals surface area contributed by atoms with Gasteiger partial charge in [-0.3, -0.25) is 0 Å². The molecule has 2 atom stereocenters. The number of imidazole rings is 1. The molecular formula is C57H67N8O8P. The normalized spacial score (nSPS) is 12.5. The van der Waals surface area contributed by atoms with Crippen LogP contribution in [0, 0.1) is 17.2 Å². The maximum Gasteiger partial charge on any atom is 0.425 e. The summed E-state index contributed by atoms with van der Waals surface area (Å²) in [6.07, 6.45) is 0.527. The van der Waals surface area contributed by atoms with Crippen molar-refractivity contribution >= 4 is 43.1 Å². The molecule has 0 fully saturated rings. The van der Waals surface area contributed by atoms with Crippen LogP contribution in [0.1, 0.15) is 64.7 Å². The lowest BCUT2D eigenvalue weighted by molar-refractivity contribution is -0.0799. The second-order valence-electron chi connectivity index (χ2n) is 18.3. The van der Waals surface area contributed by atoms with Crippen LogP contribution in [0.15, 0.2) is 146 Å². The first-order chi connectivity index (χ1) is 35.9. The van der Waals surface area contributed by atoms with E-state index < -0.39 is 26.3 Å². The number of hydrogen-bond acceptors (Lipinski definition) is 14. The number of fused-ring (bicyclic) bond motifs is 1. The number of benzene rings is 5. The first-order valence-electron chi connectivity index (χ1n) is 24.9. The van der Waals surface area contributed by atoms with E-state index in [0.717, 1.165) is 16.7 Å². The van der Waals surface area contributed by atoms with Gasteiger partial charge in [-0.2, -0.15) is 15.2 Å². The van der Waals surface area contributed by atoms with Gasteiger partial charge < -0.3 is 42.6 Å². The van der Waals surface area contributed by atoms with Gasteiger partial charge in [0, 0.05) is 25.2 Å². The van der Waals surface area contributed by atoms with Crippen molar-refractivity contribution in [3.05, 3.63) is 163 Å². The fourth-order valence-corrected chi connectivity index (χ4v) is 10.0. The van der Waals surface area contributed by atoms with Crippen LogP contribution in [0.3, 0.4) is 0 Å². The molecule has 0 aliphatic heterocycles. The highest BCUT2D eigenvalue weighted by Gasteiger charge is 2.39. The molecule has 0 spiro atoms. The Morgan fingerprint density at radius 2 is 1.27 bits per heavy atom. The van der Waals surface area contributed by atoms with Crippen molar-refractivity contribution in [2.75, 3.05) is 57.4 Å². The highest BCUT2D eigenvalue weighted by atomic mass is 31.2. The van der Waals surface area contributed by atoms with Crippen LogP contribution in [0.25, 0.3) is 11.2 Å². The lowest BCUT2D eigenvalue weighted by Gasteiger charge is -2.38. The summed E-state index contributed by atoms with van der Waals surface area (Å²) in [7, 11) is 1.66. The van der Waals surface area contributed by atoms with E-state index in [1.807, 2.05) is 132 Å². The summed E-state index contributed by atoms with van der Waals surface area (Å²) in [6, 6.07) is 46.7. The number of methoxy groups -OCH3 is 2. The number of carbonyl (C=O) groups is 1. The molecule has 7 aromatic rings. The lowest BCUT2D eigenvalue weighted by Crippen LogP contribution is -2.38. The molecule has 74 heavy (non-hydrogen) atoms. The minimum absolute atomic E-state index is 0.00129. The minimum Gasteiger partial charge on any atom is -0.497 e. The number of para-hydroxylation sites is 2. The van der Waals surface area contributed by atoms with Crippen LogP contribution in [0.2, 0.25) is 0 Å². The zero-order valence-corrected chi connectivity index (χ0v) is 44.4. The van der Waals surface area contributed by atoms with Crippen LogP contribution in [-0.4, -0.2) is 95.7 Å². The van der Waals surface area contributed by atoms with Crippen molar-refractivity contribution in [2.24, 2.45) is 5.92 Å². The molecule has 0 saturated carbocycles. The Morgan fingerprint density at radius 3 is 1.80 bits per heavy atom. The molecule has 0 radical (unpaired) electrons. The number of aromatic nitrogens is 4. The van der Waals surface area contributed by atoms with Gasteiger partial charge in [0.25, 0.3) is 14.4 Å². The summed E-state index contributed by atoms with van der Waals surface area (Å²) in [5, 5.41) is 12.7. The smallest absolute Gasteiger partial charge is 0.425 e. The van der Waals surface area contributed by atoms with Gasteiger partial charge in [-0.25, -0.2) is 19.3 Å². The number of nitriles is 1. The molecule has 2 unspecified atom stereocenters. The number of amides is 1. The maximum absolute atomic E-state index is 14.3. The molecular weight excluding hydrogens is 956 g/mol. The number of hydrogen-bond donors (Lipinski definition) is 1. The predicted octanol–water partition coefficient (Wildman–Crippen LogP) is 11.9. The molecule has 0 saturated heterocycles. The van der Waals surface area contributed by atoms with E-state index in [0.29, 0.717) is 47.1 Å². The van der Waals surface area contributed by atoms with Crippen LogP contribution in [-0.2, 0) is 30.7 Å². The third-order valence-electron chi connectivity index (χ3n) is 11.9. The first-order valence-corrected chi connectivity index (χ1v) is 26.0. The molecule has 2 aromatic heterocycles. The summed E-state index contributed by atoms with van der Waals surface area (Å²) in [5.74, 6) is 1.96. The zero-order chi connectivity index (χ0) is 52.5. The number of anilines is 3. The Hall–Kier alpha value is -6.96. The van der Waals surface area contributed by atoms with Crippen molar-refractivity contribution in [1.82, 2.24) is 24.2 Å². The summed E-state index contributed by atoms with van der Waals surface area (Å²) in [5.41, 5.74) is 3.45. The molecule has 388 valence electrons. The van der Waals surface area contributed by atoms with Crippen LogP contribution < -0.4 is 24.4 Å². The second-order valence-corrected chi connectivity index (χ2v) is 19.7. The van der Waals surface area contributed by atoms with Gasteiger partial charge in [0.15, 0.2) is 11.2 Å². The van der Waals surface area contributed by atoms with E-state index in [2.05, 4.69) is 74.7 Å². The topological polar surface area (TPSA) is 168 Å². The summed E-state index contributed by atoms with van der Waals surface area (Å²) < 4.78 is 48.7. The van der Waals surface area contributed by atoms with Crippen LogP contribution in [0.5, 0.6) is 17.4 Å². The summed E-state index contributed by atoms with van der Waals surface area (Å²) in [4.78, 5) is 30.0. The monoisotopic (exact) mass is 1020 g/mol. The molecule has 5 aromatic carbocycles. The standard InChI is InChI=1S/C57H67N8O8P/c1-41(2)37-59-55-61-53-52(54(62-55)73-56(66)64(47-21-14-10-15-22-47)48-23-16-11-17-24-48)60-40-63(53)34-36-69-51(39-72-74(71-35-18-33-58)65(42(3)4)43(5)6)38-70-57(44-19-12-9-13-20-44,45-25-29-49(67-7)30-26-45)46-27-31-50(68-8)32-28-46/h9-17,19-32,40-43,51H,18,34-39H2,1-8H3,(H,59,61,62). The van der Waals surface area contributed by atoms with Crippen LogP contribution >= 0.6 is 8.53 Å². The Morgan fingerprint density at radius 1 is 0.716 bits per heavy atom. The third kappa shape index (κ3) is 13.8. The fourth-order valence-electron chi connectivity index (χ4n) is 8.38. The van der Waals surface area contributed by atoms with Crippen molar-refractivity contribution < 1.29 is 37.5 Å². The average molecular weight is 1020 g/mol. The quantitative estimate of drug-likeness (QED) is 0.0293. The SMILES string of the molecule is COc1ccc(C(OCC(COP(OCCC#N)N(C(C)C)C(C)C)OCCn2cnc3c(OC(=O)N(c4ccccc4)c4ccccc4)nc(NCC(C)C)nc32)(c2ccccc2)c2ccc(OC)cc2)cc1. The lowest BCUT2D eigenvalue weighted by atomic mass is 9.80. The van der Waals surface area contributed by atoms with E-state index >= 15 is 0 Å². The van der Waals surface area contributed by atoms with E-state index in [-0.39, 0.29) is 62.7 Å². The van der Waals surface area contributed by atoms with Crippen molar-refractivity contribution in [3.8, 4) is 23.4 Å². The zero-order valence-electron chi connectivity index (χ0n) is 43.5. The third-order valence-corrected chi connectivity index (χ3v) is 13.9. The van der Waals surface area contributed by atoms with Crippen molar-refractivity contribution in [1.29, 1.82) is 5.26 Å². The second kappa shape index (κ2) is 26.8. The number of nitrogens with zero attached hydrogens (tertiary/aromatic N) is 7. The Labute approximate surface area is 436 Å². The summed E-state index contributed by atoms with van der Waals surface area (Å²) >= 11 is 0. The predicted molar refractivity (Wildman–Crippen MR) is 289 cm³/mol. The highest BCUT2D eigenvalue weighted by molar-refractivity contribution is 7.44. The highest BCUT2D eigenvalue weighted by Crippen LogP contribution is 2.47. The Balaban J connectivity index is 1.23. The molecule has 0 aliphatic rings. The van der Waals surface area contributed by atoms with Gasteiger partial charge in [-0.1, -0.05) is 105 Å². The van der Waals surface area contributed by atoms with E-state index in [1.54, 1.807) is 20.5 Å². The van der Waals surface area contributed by atoms with Gasteiger partial charge >= 0.3 is 6.09 Å². The number of nitrogens with one attached hydrogen (secondary N) is 1. The number of carbonyl (C=O) groups excluding carboxylic acids is 1. The molecule has 1 N–H and O–H groups in total. The molecule has 17 heteroatoms. The minimum atomic E-state index is -1.63. The van der Waals surface area contributed by atoms with Crippen LogP contribution in [0.4, 0.5) is 22.1 Å². The molecule has 1 amide bonds. The number of ether oxygens (including phenoxy) is 5. The maximum atomic E-state index is 14.3. The number of rotatable bonds is 27. The molecule has 2 heterocycles. The van der Waals surface area contributed by atoms with E-state index in [1.165, 1.54) is 4.90 Å². The summed E-state index contributed by atoms with van der Waals surface area (Å²) in [6.45, 7) is 13.9. The van der Waals surface area contributed by atoms with E-state index in [9.17, 15) is 10.1 Å². The van der Waals surface area contributed by atoms with E-state index in [4.69, 9.17) is 42.7 Å². The van der Waals surface area contributed by atoms with Gasteiger partial charge in [-0.15, -0.1) is 0 Å². The largest absolute Gasteiger partial charge is 0.497 e. The van der Waals surface area contributed by atoms with Gasteiger partial charge in [0.05, 0.1) is 70.8 Å². The fraction of sp³-hybridized carbons (Fsp3) is 0.351. The molecule has 0 bridgehead atoms. The van der Waals surface area contributed by atoms with Gasteiger partial charge in [0.1, 0.15) is 23.2 Å². The van der Waals surface area contributed by atoms with Crippen molar-refractivity contribution in [3.63, 3.8) is 0 Å². The first kappa shape index (κ1) is 54.8. The Bertz CT molecular complexity index is 2760. The molecule has 0 aliphatic carbocycles. The van der Waals surface area contributed by atoms with Crippen molar-refractivity contribution in [2.45, 2.75) is 78.3 Å². The average Bonchev–Trinajstić information content (AvgIpc) is 3.83.